The Hall–Kier alpha value is -0.330. The van der Waals surface area contributed by atoms with Gasteiger partial charge in [-0.3, -0.25) is 4.79 Å². The Morgan fingerprint density at radius 2 is 1.89 bits per heavy atom. The minimum atomic E-state index is -2.98. The molecule has 0 aromatic carbocycles. The third-order valence-corrected chi connectivity index (χ3v) is 3.35. The molecule has 0 saturated carbocycles. The van der Waals surface area contributed by atoms with Crippen LogP contribution in [0, 0.1) is 5.92 Å². The monoisotopic (exact) mass is 300 g/mol. The molecule has 3 N–H and O–H groups in total. The second-order valence-corrected chi connectivity index (χ2v) is 7.12. The third kappa shape index (κ3) is 12.1. The molecule has 0 aromatic heterocycles. The van der Waals surface area contributed by atoms with Crippen molar-refractivity contribution in [2.45, 2.75) is 39.2 Å². The van der Waals surface area contributed by atoms with Crippen molar-refractivity contribution >= 4 is 28.2 Å². The highest BCUT2D eigenvalue weighted by atomic mass is 35.5. The molecule has 0 rings (SSSR count). The summed E-state index contributed by atoms with van der Waals surface area (Å²) in [6.07, 6.45) is 2.62. The molecule has 1 amide bonds. The minimum absolute atomic E-state index is 0. The van der Waals surface area contributed by atoms with Crippen molar-refractivity contribution in [2.24, 2.45) is 11.7 Å². The second kappa shape index (κ2) is 9.58. The van der Waals surface area contributed by atoms with Crippen LogP contribution in [-0.2, 0) is 14.6 Å². The first-order valence-corrected chi connectivity index (χ1v) is 7.97. The van der Waals surface area contributed by atoms with Crippen molar-refractivity contribution in [1.29, 1.82) is 0 Å². The molecule has 0 aliphatic carbocycles. The zero-order valence-corrected chi connectivity index (χ0v) is 12.9. The highest BCUT2D eigenvalue weighted by Gasteiger charge is 2.12. The summed E-state index contributed by atoms with van der Waals surface area (Å²) in [6, 6.07) is -0.0132. The van der Waals surface area contributed by atoms with E-state index in [1.165, 1.54) is 6.26 Å². The largest absolute Gasteiger partial charge is 0.352 e. The van der Waals surface area contributed by atoms with Gasteiger partial charge in [-0.2, -0.15) is 0 Å². The Labute approximate surface area is 116 Å². The molecule has 0 aliphatic rings. The molecule has 0 fully saturated rings. The molecule has 0 heterocycles. The summed E-state index contributed by atoms with van der Waals surface area (Å²) in [5, 5.41) is 2.83. The molecule has 5 nitrogen and oxygen atoms in total. The molecule has 0 spiro atoms. The van der Waals surface area contributed by atoms with E-state index in [0.29, 0.717) is 18.9 Å². The first-order valence-electron chi connectivity index (χ1n) is 5.91. The second-order valence-electron chi connectivity index (χ2n) is 4.86. The molecule has 18 heavy (non-hydrogen) atoms. The Kier molecular flexibility index (Phi) is 10.6. The number of carbonyl (C=O) groups excluding carboxylic acids is 1. The summed E-state index contributed by atoms with van der Waals surface area (Å²) >= 11 is 0. The van der Waals surface area contributed by atoms with Crippen LogP contribution in [0.15, 0.2) is 0 Å². The molecular formula is C11H25ClN2O3S. The smallest absolute Gasteiger partial charge is 0.220 e. The standard InChI is InChI=1S/C11H24N2O3S.ClH/c1-9(2)7-10(8-12)13-11(14)5-4-6-17(3,15)16;/h9-10H,4-8,12H2,1-3H3,(H,13,14);1H. The van der Waals surface area contributed by atoms with Gasteiger partial charge in [-0.1, -0.05) is 13.8 Å². The molecule has 0 saturated heterocycles. The quantitative estimate of drug-likeness (QED) is 0.691. The summed E-state index contributed by atoms with van der Waals surface area (Å²) in [4.78, 5) is 11.5. The lowest BCUT2D eigenvalue weighted by molar-refractivity contribution is -0.121. The van der Waals surface area contributed by atoms with Crippen LogP contribution in [0.3, 0.4) is 0 Å². The van der Waals surface area contributed by atoms with E-state index in [2.05, 4.69) is 19.2 Å². The predicted molar refractivity (Wildman–Crippen MR) is 76.6 cm³/mol. The first kappa shape index (κ1) is 20.0. The Balaban J connectivity index is 0. The van der Waals surface area contributed by atoms with Gasteiger partial charge in [0.15, 0.2) is 0 Å². The predicted octanol–water partition coefficient (Wildman–Crippen LogP) is 0.723. The van der Waals surface area contributed by atoms with E-state index in [1.807, 2.05) is 0 Å². The van der Waals surface area contributed by atoms with Gasteiger partial charge in [-0.15, -0.1) is 12.4 Å². The maximum absolute atomic E-state index is 11.5. The molecule has 1 unspecified atom stereocenters. The fraction of sp³-hybridized carbons (Fsp3) is 0.909. The van der Waals surface area contributed by atoms with E-state index in [9.17, 15) is 13.2 Å². The zero-order chi connectivity index (χ0) is 13.5. The van der Waals surface area contributed by atoms with E-state index in [4.69, 9.17) is 5.73 Å². The maximum atomic E-state index is 11.5. The maximum Gasteiger partial charge on any atom is 0.220 e. The SMILES string of the molecule is CC(C)CC(CN)NC(=O)CCCS(C)(=O)=O.Cl. The molecule has 0 bridgehead atoms. The van der Waals surface area contributed by atoms with Crippen molar-refractivity contribution < 1.29 is 13.2 Å². The van der Waals surface area contributed by atoms with Gasteiger partial charge in [0, 0.05) is 25.3 Å². The van der Waals surface area contributed by atoms with Crippen LogP contribution >= 0.6 is 12.4 Å². The Morgan fingerprint density at radius 3 is 2.28 bits per heavy atom. The fourth-order valence-electron chi connectivity index (χ4n) is 1.58. The zero-order valence-electron chi connectivity index (χ0n) is 11.3. The lowest BCUT2D eigenvalue weighted by atomic mass is 10.0. The number of rotatable bonds is 8. The van der Waals surface area contributed by atoms with E-state index < -0.39 is 9.84 Å². The lowest BCUT2D eigenvalue weighted by Crippen LogP contribution is -2.41. The number of nitrogens with one attached hydrogen (secondary N) is 1. The van der Waals surface area contributed by atoms with Crippen molar-refractivity contribution in [3.05, 3.63) is 0 Å². The lowest BCUT2D eigenvalue weighted by Gasteiger charge is -2.18. The van der Waals surface area contributed by atoms with Crippen LogP contribution in [0.5, 0.6) is 0 Å². The van der Waals surface area contributed by atoms with Gasteiger partial charge in [0.25, 0.3) is 0 Å². The molecular weight excluding hydrogens is 276 g/mol. The van der Waals surface area contributed by atoms with Crippen LogP contribution in [0.4, 0.5) is 0 Å². The van der Waals surface area contributed by atoms with Gasteiger partial charge in [-0.25, -0.2) is 8.42 Å². The average Bonchev–Trinajstić information content (AvgIpc) is 2.13. The first-order chi connectivity index (χ1) is 7.74. The number of carbonyl (C=O) groups is 1. The molecule has 110 valence electrons. The van der Waals surface area contributed by atoms with Crippen molar-refractivity contribution in [1.82, 2.24) is 5.32 Å². The topological polar surface area (TPSA) is 89.3 Å². The fourth-order valence-corrected chi connectivity index (χ4v) is 2.25. The molecule has 0 aromatic rings. The van der Waals surface area contributed by atoms with Gasteiger partial charge in [-0.05, 0) is 18.8 Å². The van der Waals surface area contributed by atoms with Crippen molar-refractivity contribution in [2.75, 3.05) is 18.6 Å². The van der Waals surface area contributed by atoms with E-state index in [0.717, 1.165) is 6.42 Å². The van der Waals surface area contributed by atoms with Crippen LogP contribution in [0.2, 0.25) is 0 Å². The van der Waals surface area contributed by atoms with E-state index in [1.54, 1.807) is 0 Å². The van der Waals surface area contributed by atoms with E-state index in [-0.39, 0.29) is 36.5 Å². The average molecular weight is 301 g/mol. The summed E-state index contributed by atoms with van der Waals surface area (Å²) in [5.74, 6) is 0.405. The van der Waals surface area contributed by atoms with Gasteiger partial charge >= 0.3 is 0 Å². The van der Waals surface area contributed by atoms with Gasteiger partial charge < -0.3 is 11.1 Å². The number of hydrogen-bond donors (Lipinski definition) is 2. The normalized spacial score (nSPS) is 12.9. The Bertz CT molecular complexity index is 331. The molecule has 7 heteroatoms. The van der Waals surface area contributed by atoms with Crippen molar-refractivity contribution in [3.8, 4) is 0 Å². The van der Waals surface area contributed by atoms with E-state index >= 15 is 0 Å². The number of sulfone groups is 1. The van der Waals surface area contributed by atoms with Gasteiger partial charge in [0.05, 0.1) is 5.75 Å². The minimum Gasteiger partial charge on any atom is -0.352 e. The van der Waals surface area contributed by atoms with Crippen molar-refractivity contribution in [3.63, 3.8) is 0 Å². The molecule has 0 radical (unpaired) electrons. The summed E-state index contributed by atoms with van der Waals surface area (Å²) < 4.78 is 21.8. The van der Waals surface area contributed by atoms with Crippen LogP contribution < -0.4 is 11.1 Å². The number of hydrogen-bond acceptors (Lipinski definition) is 4. The highest BCUT2D eigenvalue weighted by molar-refractivity contribution is 7.90. The van der Waals surface area contributed by atoms with Crippen LogP contribution in [0.25, 0.3) is 0 Å². The third-order valence-electron chi connectivity index (χ3n) is 2.32. The Morgan fingerprint density at radius 1 is 1.33 bits per heavy atom. The molecule has 1 atom stereocenters. The summed E-state index contributed by atoms with van der Waals surface area (Å²) in [5.41, 5.74) is 5.56. The highest BCUT2D eigenvalue weighted by Crippen LogP contribution is 2.04. The number of amides is 1. The van der Waals surface area contributed by atoms with Gasteiger partial charge in [0.2, 0.25) is 5.91 Å². The summed E-state index contributed by atoms with van der Waals surface area (Å²) in [6.45, 7) is 4.55. The number of nitrogens with two attached hydrogens (primary N) is 1. The summed E-state index contributed by atoms with van der Waals surface area (Å²) in [7, 11) is -2.98. The molecule has 0 aliphatic heterocycles. The van der Waals surface area contributed by atoms with Crippen LogP contribution in [-0.4, -0.2) is 38.9 Å². The van der Waals surface area contributed by atoms with Gasteiger partial charge in [0.1, 0.15) is 9.84 Å². The van der Waals surface area contributed by atoms with Crippen LogP contribution in [0.1, 0.15) is 33.1 Å². The number of halogens is 1.